The molecular weight excluding hydrogens is 278 g/mol. The Morgan fingerprint density at radius 1 is 1.14 bits per heavy atom. The van der Waals surface area contributed by atoms with Crippen LogP contribution in [-0.4, -0.2) is 25.1 Å². The van der Waals surface area contributed by atoms with Crippen molar-refractivity contribution in [2.45, 2.75) is 32.1 Å². The van der Waals surface area contributed by atoms with E-state index in [0.29, 0.717) is 17.5 Å². The fourth-order valence-electron chi connectivity index (χ4n) is 2.77. The van der Waals surface area contributed by atoms with E-state index in [0.717, 1.165) is 24.8 Å². The number of pyridine rings is 1. The molecule has 0 spiro atoms. The molecule has 110 valence electrons. The van der Waals surface area contributed by atoms with Crippen molar-refractivity contribution >= 4 is 0 Å². The van der Waals surface area contributed by atoms with Crippen LogP contribution in [0.25, 0.3) is 11.6 Å². The molecule has 0 N–H and O–H groups in total. The first-order valence-corrected chi connectivity index (χ1v) is 7.35. The first-order chi connectivity index (χ1) is 10.8. The normalized spacial score (nSPS) is 17.2. The van der Waals surface area contributed by atoms with Crippen LogP contribution in [0, 0.1) is 6.92 Å². The average Bonchev–Trinajstić information content (AvgIpc) is 3.05. The summed E-state index contributed by atoms with van der Waals surface area (Å²) < 4.78 is 5.44. The fourth-order valence-corrected chi connectivity index (χ4v) is 2.77. The van der Waals surface area contributed by atoms with Gasteiger partial charge >= 0.3 is 0 Å². The fraction of sp³-hybridized carbons (Fsp3) is 0.312. The molecule has 0 saturated carbocycles. The van der Waals surface area contributed by atoms with Crippen molar-refractivity contribution in [1.82, 2.24) is 25.1 Å². The molecule has 3 heterocycles. The minimum atomic E-state index is 0.239. The summed E-state index contributed by atoms with van der Waals surface area (Å²) in [5.74, 6) is 1.85. The zero-order valence-corrected chi connectivity index (χ0v) is 12.2. The molecule has 1 aliphatic rings. The van der Waals surface area contributed by atoms with Gasteiger partial charge in [-0.2, -0.15) is 4.98 Å². The highest BCUT2D eigenvalue weighted by Gasteiger charge is 2.26. The number of hydrogen-bond donors (Lipinski definition) is 0. The predicted octanol–water partition coefficient (Wildman–Crippen LogP) is 2.50. The summed E-state index contributed by atoms with van der Waals surface area (Å²) in [4.78, 5) is 17.4. The summed E-state index contributed by atoms with van der Waals surface area (Å²) in [6, 6.07) is 4.09. The van der Waals surface area contributed by atoms with Gasteiger partial charge in [-0.05, 0) is 43.4 Å². The highest BCUT2D eigenvalue weighted by molar-refractivity contribution is 5.41. The largest absolute Gasteiger partial charge is 0.339 e. The van der Waals surface area contributed by atoms with Crippen LogP contribution in [0.15, 0.2) is 35.2 Å². The van der Waals surface area contributed by atoms with Crippen molar-refractivity contribution in [2.75, 3.05) is 0 Å². The molecule has 0 saturated heterocycles. The highest BCUT2D eigenvalue weighted by atomic mass is 16.5. The molecule has 0 fully saturated rings. The lowest BCUT2D eigenvalue weighted by atomic mass is 9.86. The van der Waals surface area contributed by atoms with Gasteiger partial charge in [0, 0.05) is 30.2 Å². The monoisotopic (exact) mass is 293 g/mol. The minimum Gasteiger partial charge on any atom is -0.339 e. The Morgan fingerprint density at radius 3 is 2.86 bits per heavy atom. The number of nitrogens with zero attached hydrogens (tertiary/aromatic N) is 5. The molecule has 1 aliphatic carbocycles. The van der Waals surface area contributed by atoms with E-state index < -0.39 is 0 Å². The van der Waals surface area contributed by atoms with Gasteiger partial charge in [0.2, 0.25) is 17.5 Å². The SMILES string of the molecule is Cc1cnc(-c2noc(C3CCc4ncccc4C3)n2)nc1. The number of rotatable bonds is 2. The maximum Gasteiger partial charge on any atom is 0.240 e. The molecule has 6 heteroatoms. The van der Waals surface area contributed by atoms with Crippen molar-refractivity contribution in [2.24, 2.45) is 0 Å². The molecule has 6 nitrogen and oxygen atoms in total. The number of fused-ring (bicyclic) bond motifs is 1. The van der Waals surface area contributed by atoms with Crippen molar-refractivity contribution in [3.63, 3.8) is 0 Å². The molecule has 1 atom stereocenters. The molecule has 0 aromatic carbocycles. The van der Waals surface area contributed by atoms with Gasteiger partial charge in [0.15, 0.2) is 0 Å². The van der Waals surface area contributed by atoms with Gasteiger partial charge in [0.25, 0.3) is 0 Å². The van der Waals surface area contributed by atoms with Crippen LogP contribution in [0.3, 0.4) is 0 Å². The number of hydrogen-bond acceptors (Lipinski definition) is 6. The lowest BCUT2D eigenvalue weighted by Gasteiger charge is -2.20. The lowest BCUT2D eigenvalue weighted by Crippen LogP contribution is -2.14. The van der Waals surface area contributed by atoms with Gasteiger partial charge in [-0.15, -0.1) is 0 Å². The van der Waals surface area contributed by atoms with E-state index in [-0.39, 0.29) is 5.92 Å². The summed E-state index contributed by atoms with van der Waals surface area (Å²) in [5.41, 5.74) is 3.45. The Morgan fingerprint density at radius 2 is 2.00 bits per heavy atom. The van der Waals surface area contributed by atoms with Crippen LogP contribution in [0.4, 0.5) is 0 Å². The van der Waals surface area contributed by atoms with Crippen LogP contribution in [0.5, 0.6) is 0 Å². The van der Waals surface area contributed by atoms with Crippen LogP contribution in [-0.2, 0) is 12.8 Å². The number of aromatic nitrogens is 5. The average molecular weight is 293 g/mol. The highest BCUT2D eigenvalue weighted by Crippen LogP contribution is 2.31. The van der Waals surface area contributed by atoms with Gasteiger partial charge in [0.05, 0.1) is 0 Å². The maximum absolute atomic E-state index is 5.44. The van der Waals surface area contributed by atoms with E-state index in [9.17, 15) is 0 Å². The molecule has 0 radical (unpaired) electrons. The smallest absolute Gasteiger partial charge is 0.240 e. The third-order valence-electron chi connectivity index (χ3n) is 3.95. The van der Waals surface area contributed by atoms with Gasteiger partial charge in [-0.3, -0.25) is 4.98 Å². The Hall–Kier alpha value is -2.63. The second-order valence-electron chi connectivity index (χ2n) is 5.59. The molecule has 4 rings (SSSR count). The first-order valence-electron chi connectivity index (χ1n) is 7.35. The summed E-state index contributed by atoms with van der Waals surface area (Å²) in [6.45, 7) is 1.94. The molecule has 3 aromatic heterocycles. The van der Waals surface area contributed by atoms with Crippen molar-refractivity contribution < 1.29 is 4.52 Å². The topological polar surface area (TPSA) is 77.6 Å². The zero-order chi connectivity index (χ0) is 14.9. The van der Waals surface area contributed by atoms with Crippen molar-refractivity contribution in [1.29, 1.82) is 0 Å². The van der Waals surface area contributed by atoms with E-state index in [1.165, 1.54) is 11.3 Å². The summed E-state index contributed by atoms with van der Waals surface area (Å²) >= 11 is 0. The van der Waals surface area contributed by atoms with E-state index in [1.807, 2.05) is 19.2 Å². The van der Waals surface area contributed by atoms with E-state index in [4.69, 9.17) is 4.52 Å². The van der Waals surface area contributed by atoms with Crippen LogP contribution >= 0.6 is 0 Å². The van der Waals surface area contributed by atoms with Crippen LogP contribution in [0.1, 0.15) is 35.1 Å². The molecular formula is C16H15N5O. The minimum absolute atomic E-state index is 0.239. The van der Waals surface area contributed by atoms with E-state index >= 15 is 0 Å². The molecule has 3 aromatic rings. The van der Waals surface area contributed by atoms with E-state index in [1.54, 1.807) is 12.4 Å². The van der Waals surface area contributed by atoms with Crippen molar-refractivity contribution in [3.8, 4) is 11.6 Å². The lowest BCUT2D eigenvalue weighted by molar-refractivity contribution is 0.340. The number of aryl methyl sites for hydroxylation is 2. The zero-order valence-electron chi connectivity index (χ0n) is 12.2. The van der Waals surface area contributed by atoms with Gasteiger partial charge in [-0.25, -0.2) is 9.97 Å². The second-order valence-corrected chi connectivity index (χ2v) is 5.59. The Balaban J connectivity index is 1.59. The molecule has 22 heavy (non-hydrogen) atoms. The summed E-state index contributed by atoms with van der Waals surface area (Å²) in [7, 11) is 0. The van der Waals surface area contributed by atoms with Gasteiger partial charge in [0.1, 0.15) is 0 Å². The van der Waals surface area contributed by atoms with Crippen LogP contribution < -0.4 is 0 Å². The standard InChI is InChI=1S/C16H15N5O/c1-10-8-18-14(19-9-10)15-20-16(22-21-15)12-4-5-13-11(7-12)3-2-6-17-13/h2-3,6,8-9,12H,4-5,7H2,1H3. The molecule has 0 bridgehead atoms. The Bertz CT molecular complexity index is 796. The maximum atomic E-state index is 5.44. The summed E-state index contributed by atoms with van der Waals surface area (Å²) in [6.07, 6.45) is 8.15. The predicted molar refractivity (Wildman–Crippen MR) is 79.1 cm³/mol. The van der Waals surface area contributed by atoms with Gasteiger partial charge in [-0.1, -0.05) is 11.2 Å². The Kier molecular flexibility index (Phi) is 3.14. The first kappa shape index (κ1) is 13.1. The van der Waals surface area contributed by atoms with Crippen LogP contribution in [0.2, 0.25) is 0 Å². The summed E-state index contributed by atoms with van der Waals surface area (Å²) in [5, 5.41) is 4.02. The Labute approximate surface area is 127 Å². The van der Waals surface area contributed by atoms with E-state index in [2.05, 4.69) is 31.2 Å². The molecule has 1 unspecified atom stereocenters. The van der Waals surface area contributed by atoms with Gasteiger partial charge < -0.3 is 4.52 Å². The third kappa shape index (κ3) is 2.36. The second kappa shape index (κ2) is 5.29. The third-order valence-corrected chi connectivity index (χ3v) is 3.95. The quantitative estimate of drug-likeness (QED) is 0.722. The molecule has 0 amide bonds. The molecule has 0 aliphatic heterocycles. The van der Waals surface area contributed by atoms with Crippen molar-refractivity contribution in [3.05, 3.63) is 53.4 Å².